The number of carbonyl (C=O) groups is 3. The Balaban J connectivity index is 1.44. The second kappa shape index (κ2) is 8.97. The molecule has 6 nitrogen and oxygen atoms in total. The minimum atomic E-state index is -0.285. The Morgan fingerprint density at radius 2 is 1.76 bits per heavy atom. The van der Waals surface area contributed by atoms with Crippen molar-refractivity contribution < 1.29 is 14.4 Å². The fraction of sp³-hybridized carbons (Fsp3) is 0.609. The lowest BCUT2D eigenvalue weighted by Gasteiger charge is -2.34. The molecule has 6 heteroatoms. The highest BCUT2D eigenvalue weighted by molar-refractivity contribution is 5.89. The molecule has 1 unspecified atom stereocenters. The quantitative estimate of drug-likeness (QED) is 0.827. The van der Waals surface area contributed by atoms with Crippen molar-refractivity contribution in [2.75, 3.05) is 19.6 Å². The van der Waals surface area contributed by atoms with Crippen LogP contribution in [0.5, 0.6) is 0 Å². The number of hydrogen-bond acceptors (Lipinski definition) is 3. The van der Waals surface area contributed by atoms with Crippen molar-refractivity contribution in [3.63, 3.8) is 0 Å². The number of hydrogen-bond donors (Lipinski definition) is 1. The van der Waals surface area contributed by atoms with Crippen molar-refractivity contribution in [2.24, 2.45) is 11.3 Å². The molecular weight excluding hydrogens is 366 g/mol. The third kappa shape index (κ3) is 6.05. The average Bonchev–Trinajstić information content (AvgIpc) is 3.02. The molecule has 2 aliphatic rings. The summed E-state index contributed by atoms with van der Waals surface area (Å²) in [4.78, 5) is 41.1. The van der Waals surface area contributed by atoms with Gasteiger partial charge < -0.3 is 15.1 Å². The summed E-state index contributed by atoms with van der Waals surface area (Å²) < 4.78 is 0. The fourth-order valence-corrected chi connectivity index (χ4v) is 4.06. The van der Waals surface area contributed by atoms with Gasteiger partial charge in [-0.2, -0.15) is 0 Å². The molecule has 0 aromatic heterocycles. The van der Waals surface area contributed by atoms with Gasteiger partial charge in [0, 0.05) is 45.1 Å². The second-order valence-electron chi connectivity index (χ2n) is 9.56. The number of benzene rings is 1. The minimum Gasteiger partial charge on any atom is -0.353 e. The molecule has 3 rings (SSSR count). The van der Waals surface area contributed by atoms with E-state index in [1.165, 1.54) is 0 Å². The Morgan fingerprint density at radius 3 is 2.38 bits per heavy atom. The van der Waals surface area contributed by atoms with Crippen molar-refractivity contribution >= 4 is 17.7 Å². The average molecular weight is 400 g/mol. The van der Waals surface area contributed by atoms with Crippen molar-refractivity contribution in [1.29, 1.82) is 0 Å². The monoisotopic (exact) mass is 399 g/mol. The van der Waals surface area contributed by atoms with E-state index in [1.54, 1.807) is 4.90 Å². The van der Waals surface area contributed by atoms with Crippen LogP contribution in [0.4, 0.5) is 0 Å². The second-order valence-corrected chi connectivity index (χ2v) is 9.56. The number of likely N-dealkylation sites (tertiary alicyclic amines) is 2. The number of carbonyl (C=O) groups excluding carboxylic acids is 3. The maximum Gasteiger partial charge on any atom is 0.225 e. The van der Waals surface area contributed by atoms with Gasteiger partial charge in [0.2, 0.25) is 17.7 Å². The van der Waals surface area contributed by atoms with Crippen molar-refractivity contribution in [3.05, 3.63) is 35.9 Å². The Hall–Kier alpha value is -2.37. The van der Waals surface area contributed by atoms with Crippen LogP contribution in [0.25, 0.3) is 0 Å². The Bertz CT molecular complexity index is 733. The molecule has 2 fully saturated rings. The zero-order chi connectivity index (χ0) is 21.0. The highest BCUT2D eigenvalue weighted by Crippen LogP contribution is 2.23. The zero-order valence-corrected chi connectivity index (χ0v) is 17.8. The Morgan fingerprint density at radius 1 is 1.10 bits per heavy atom. The molecular formula is C23H33N3O3. The molecule has 0 bridgehead atoms. The molecule has 2 aliphatic heterocycles. The van der Waals surface area contributed by atoms with Crippen LogP contribution in [0.3, 0.4) is 0 Å². The molecule has 2 saturated heterocycles. The third-order valence-electron chi connectivity index (χ3n) is 5.68. The molecule has 1 aromatic carbocycles. The summed E-state index contributed by atoms with van der Waals surface area (Å²) in [6.45, 7) is 8.61. The van der Waals surface area contributed by atoms with E-state index >= 15 is 0 Å². The highest BCUT2D eigenvalue weighted by atomic mass is 16.2. The molecule has 1 N–H and O–H groups in total. The number of amides is 3. The van der Waals surface area contributed by atoms with Gasteiger partial charge in [0.25, 0.3) is 0 Å². The van der Waals surface area contributed by atoms with Crippen molar-refractivity contribution in [1.82, 2.24) is 15.1 Å². The van der Waals surface area contributed by atoms with Crippen LogP contribution in [-0.2, 0) is 20.9 Å². The lowest BCUT2D eigenvalue weighted by molar-refractivity contribution is -0.134. The van der Waals surface area contributed by atoms with Gasteiger partial charge in [0.05, 0.1) is 5.92 Å². The van der Waals surface area contributed by atoms with Crippen LogP contribution in [0.2, 0.25) is 0 Å². The Kier molecular flexibility index (Phi) is 6.60. The van der Waals surface area contributed by atoms with Crippen LogP contribution in [0.1, 0.15) is 52.0 Å². The number of piperidine rings is 1. The first kappa shape index (κ1) is 21.3. The van der Waals surface area contributed by atoms with E-state index in [0.717, 1.165) is 18.4 Å². The molecule has 158 valence electrons. The van der Waals surface area contributed by atoms with Crippen LogP contribution < -0.4 is 5.32 Å². The smallest absolute Gasteiger partial charge is 0.225 e. The van der Waals surface area contributed by atoms with Gasteiger partial charge in [0.15, 0.2) is 0 Å². The van der Waals surface area contributed by atoms with Crippen LogP contribution >= 0.6 is 0 Å². The van der Waals surface area contributed by atoms with Gasteiger partial charge >= 0.3 is 0 Å². The summed E-state index contributed by atoms with van der Waals surface area (Å²) in [7, 11) is 0. The molecule has 29 heavy (non-hydrogen) atoms. The van der Waals surface area contributed by atoms with Gasteiger partial charge in [-0.3, -0.25) is 14.4 Å². The van der Waals surface area contributed by atoms with E-state index in [0.29, 0.717) is 32.6 Å². The van der Waals surface area contributed by atoms with E-state index in [-0.39, 0.29) is 41.5 Å². The number of rotatable bonds is 5. The summed E-state index contributed by atoms with van der Waals surface area (Å²) in [5, 5.41) is 3.12. The Labute approximate surface area is 173 Å². The van der Waals surface area contributed by atoms with Gasteiger partial charge in [-0.1, -0.05) is 51.1 Å². The normalized spacial score (nSPS) is 20.8. The van der Waals surface area contributed by atoms with E-state index in [2.05, 4.69) is 26.1 Å². The summed E-state index contributed by atoms with van der Waals surface area (Å²) in [6, 6.07) is 9.94. The standard InChI is InChI=1S/C23H33N3O3/c1-23(2,3)14-21(28)25-11-9-19(10-12-25)24-22(29)18-13-20(27)26(16-18)15-17-7-5-4-6-8-17/h4-8,18-19H,9-16H2,1-3H3,(H,24,29). The highest BCUT2D eigenvalue weighted by Gasteiger charge is 2.35. The minimum absolute atomic E-state index is 0.0111. The fourth-order valence-electron chi connectivity index (χ4n) is 4.06. The maximum absolute atomic E-state index is 12.7. The molecule has 0 radical (unpaired) electrons. The predicted molar refractivity (Wildman–Crippen MR) is 112 cm³/mol. The SMILES string of the molecule is CC(C)(C)CC(=O)N1CCC(NC(=O)C2CC(=O)N(Cc3ccccc3)C2)CC1. The van der Waals surface area contributed by atoms with Gasteiger partial charge in [0.1, 0.15) is 0 Å². The van der Waals surface area contributed by atoms with Crippen molar-refractivity contribution in [3.8, 4) is 0 Å². The molecule has 0 spiro atoms. The molecule has 2 heterocycles. The summed E-state index contributed by atoms with van der Waals surface area (Å²) in [5.74, 6) is -0.0861. The van der Waals surface area contributed by atoms with E-state index in [1.807, 2.05) is 35.2 Å². The molecule has 0 saturated carbocycles. The molecule has 1 atom stereocenters. The van der Waals surface area contributed by atoms with Crippen LogP contribution in [-0.4, -0.2) is 53.2 Å². The topological polar surface area (TPSA) is 69.7 Å². The largest absolute Gasteiger partial charge is 0.353 e. The number of nitrogens with zero attached hydrogens (tertiary/aromatic N) is 2. The van der Waals surface area contributed by atoms with Gasteiger partial charge in [-0.05, 0) is 23.8 Å². The molecule has 1 aromatic rings. The number of nitrogens with one attached hydrogen (secondary N) is 1. The summed E-state index contributed by atoms with van der Waals surface area (Å²) >= 11 is 0. The van der Waals surface area contributed by atoms with Crippen LogP contribution in [0.15, 0.2) is 30.3 Å². The van der Waals surface area contributed by atoms with Crippen LogP contribution in [0, 0.1) is 11.3 Å². The molecule has 0 aliphatic carbocycles. The zero-order valence-electron chi connectivity index (χ0n) is 17.8. The third-order valence-corrected chi connectivity index (χ3v) is 5.68. The summed E-state index contributed by atoms with van der Waals surface area (Å²) in [5.41, 5.74) is 1.07. The predicted octanol–water partition coefficient (Wildman–Crippen LogP) is 2.58. The lowest BCUT2D eigenvalue weighted by Crippen LogP contribution is -2.48. The molecule has 3 amide bonds. The first-order valence-corrected chi connectivity index (χ1v) is 10.6. The summed E-state index contributed by atoms with van der Waals surface area (Å²) in [6.07, 6.45) is 2.37. The van der Waals surface area contributed by atoms with E-state index in [9.17, 15) is 14.4 Å². The van der Waals surface area contributed by atoms with Crippen molar-refractivity contribution in [2.45, 2.75) is 59.0 Å². The lowest BCUT2D eigenvalue weighted by atomic mass is 9.91. The van der Waals surface area contributed by atoms with E-state index < -0.39 is 0 Å². The first-order valence-electron chi connectivity index (χ1n) is 10.6. The van der Waals surface area contributed by atoms with Gasteiger partial charge in [-0.25, -0.2) is 0 Å². The first-order chi connectivity index (χ1) is 13.7. The van der Waals surface area contributed by atoms with E-state index in [4.69, 9.17) is 0 Å². The van der Waals surface area contributed by atoms with Gasteiger partial charge in [-0.15, -0.1) is 0 Å². The maximum atomic E-state index is 12.7.